The van der Waals surface area contributed by atoms with Crippen LogP contribution in [0.2, 0.25) is 0 Å². The summed E-state index contributed by atoms with van der Waals surface area (Å²) in [6.07, 6.45) is -0.880. The summed E-state index contributed by atoms with van der Waals surface area (Å²) in [6, 6.07) is 8.84. The Kier molecular flexibility index (Phi) is 5.41. The SMILES string of the molecule is COc1ccc(OC)c(C(O)CNC(=O)c2ccc(C)s2)c1. The van der Waals surface area contributed by atoms with Crippen molar-refractivity contribution in [3.05, 3.63) is 45.6 Å². The molecule has 6 heteroatoms. The smallest absolute Gasteiger partial charge is 0.261 e. The number of aryl methyl sites for hydroxylation is 1. The van der Waals surface area contributed by atoms with Gasteiger partial charge in [-0.2, -0.15) is 0 Å². The minimum atomic E-state index is -0.880. The van der Waals surface area contributed by atoms with Gasteiger partial charge in [0, 0.05) is 17.0 Å². The fourth-order valence-corrected chi connectivity index (χ4v) is 2.83. The fraction of sp³-hybridized carbons (Fsp3) is 0.312. The van der Waals surface area contributed by atoms with E-state index in [-0.39, 0.29) is 12.5 Å². The zero-order valence-electron chi connectivity index (χ0n) is 12.8. The Hall–Kier alpha value is -2.05. The van der Waals surface area contributed by atoms with Gasteiger partial charge in [-0.1, -0.05) is 0 Å². The van der Waals surface area contributed by atoms with E-state index in [2.05, 4.69) is 5.32 Å². The number of aliphatic hydroxyl groups is 1. The Labute approximate surface area is 133 Å². The Balaban J connectivity index is 2.05. The summed E-state index contributed by atoms with van der Waals surface area (Å²) in [5, 5.41) is 13.0. The average molecular weight is 321 g/mol. The first-order valence-corrected chi connectivity index (χ1v) is 7.61. The number of carbonyl (C=O) groups is 1. The molecular weight excluding hydrogens is 302 g/mol. The molecule has 0 aliphatic heterocycles. The summed E-state index contributed by atoms with van der Waals surface area (Å²) in [7, 11) is 3.09. The molecule has 0 spiro atoms. The van der Waals surface area contributed by atoms with Crippen LogP contribution in [0.1, 0.15) is 26.2 Å². The van der Waals surface area contributed by atoms with Crippen molar-refractivity contribution in [3.8, 4) is 11.5 Å². The lowest BCUT2D eigenvalue weighted by molar-refractivity contribution is 0.0918. The van der Waals surface area contributed by atoms with Crippen molar-refractivity contribution < 1.29 is 19.4 Å². The van der Waals surface area contributed by atoms with Crippen LogP contribution in [0, 0.1) is 6.92 Å². The monoisotopic (exact) mass is 321 g/mol. The first-order valence-electron chi connectivity index (χ1n) is 6.79. The lowest BCUT2D eigenvalue weighted by atomic mass is 10.1. The second kappa shape index (κ2) is 7.29. The van der Waals surface area contributed by atoms with E-state index in [1.54, 1.807) is 31.4 Å². The number of methoxy groups -OCH3 is 2. The largest absolute Gasteiger partial charge is 0.497 e. The van der Waals surface area contributed by atoms with Crippen LogP contribution >= 0.6 is 11.3 Å². The molecule has 1 unspecified atom stereocenters. The number of ether oxygens (including phenoxy) is 2. The highest BCUT2D eigenvalue weighted by Gasteiger charge is 2.16. The number of hydrogen-bond acceptors (Lipinski definition) is 5. The zero-order valence-corrected chi connectivity index (χ0v) is 13.6. The topological polar surface area (TPSA) is 67.8 Å². The average Bonchev–Trinajstić information content (AvgIpc) is 2.98. The molecule has 2 aromatic rings. The number of benzene rings is 1. The number of carbonyl (C=O) groups excluding carboxylic acids is 1. The van der Waals surface area contributed by atoms with Gasteiger partial charge in [0.25, 0.3) is 5.91 Å². The van der Waals surface area contributed by atoms with Crippen LogP contribution in [-0.2, 0) is 0 Å². The van der Waals surface area contributed by atoms with Gasteiger partial charge in [0.2, 0.25) is 0 Å². The molecule has 0 saturated heterocycles. The second-order valence-electron chi connectivity index (χ2n) is 4.74. The fourth-order valence-electron chi connectivity index (χ4n) is 2.04. The van der Waals surface area contributed by atoms with Gasteiger partial charge in [0.15, 0.2) is 0 Å². The molecule has 2 rings (SSSR count). The van der Waals surface area contributed by atoms with Crippen molar-refractivity contribution in [2.45, 2.75) is 13.0 Å². The molecule has 22 heavy (non-hydrogen) atoms. The Morgan fingerprint density at radius 1 is 1.27 bits per heavy atom. The minimum absolute atomic E-state index is 0.0965. The van der Waals surface area contributed by atoms with Crippen molar-refractivity contribution in [2.75, 3.05) is 20.8 Å². The number of amides is 1. The van der Waals surface area contributed by atoms with Crippen molar-refractivity contribution in [2.24, 2.45) is 0 Å². The summed E-state index contributed by atoms with van der Waals surface area (Å²) in [6.45, 7) is 2.04. The molecule has 0 fully saturated rings. The van der Waals surface area contributed by atoms with E-state index >= 15 is 0 Å². The van der Waals surface area contributed by atoms with E-state index < -0.39 is 6.10 Å². The molecule has 1 aromatic carbocycles. The third-order valence-electron chi connectivity index (χ3n) is 3.22. The quantitative estimate of drug-likeness (QED) is 0.858. The van der Waals surface area contributed by atoms with Gasteiger partial charge in [-0.3, -0.25) is 4.79 Å². The highest BCUT2D eigenvalue weighted by molar-refractivity contribution is 7.13. The highest BCUT2D eigenvalue weighted by Crippen LogP contribution is 2.29. The minimum Gasteiger partial charge on any atom is -0.497 e. The molecule has 0 radical (unpaired) electrons. The molecule has 5 nitrogen and oxygen atoms in total. The summed E-state index contributed by atoms with van der Waals surface area (Å²) in [5.74, 6) is 0.976. The van der Waals surface area contributed by atoms with Crippen LogP contribution in [-0.4, -0.2) is 31.8 Å². The van der Waals surface area contributed by atoms with E-state index in [0.29, 0.717) is 21.9 Å². The maximum atomic E-state index is 12.0. The normalized spacial score (nSPS) is 11.8. The van der Waals surface area contributed by atoms with E-state index in [4.69, 9.17) is 9.47 Å². The van der Waals surface area contributed by atoms with Crippen LogP contribution in [0.15, 0.2) is 30.3 Å². The van der Waals surface area contributed by atoms with Gasteiger partial charge in [0.05, 0.1) is 19.1 Å². The van der Waals surface area contributed by atoms with E-state index in [1.807, 2.05) is 13.0 Å². The number of rotatable bonds is 6. The maximum Gasteiger partial charge on any atom is 0.261 e. The lowest BCUT2D eigenvalue weighted by Crippen LogP contribution is -2.27. The number of nitrogens with one attached hydrogen (secondary N) is 1. The Bertz CT molecular complexity index is 653. The number of hydrogen-bond donors (Lipinski definition) is 2. The lowest BCUT2D eigenvalue weighted by Gasteiger charge is -2.16. The molecule has 0 aliphatic carbocycles. The van der Waals surface area contributed by atoms with Crippen molar-refractivity contribution in [3.63, 3.8) is 0 Å². The predicted octanol–water partition coefficient (Wildman–Crippen LogP) is 2.54. The van der Waals surface area contributed by atoms with Crippen LogP contribution in [0.25, 0.3) is 0 Å². The number of thiophene rings is 1. The Morgan fingerprint density at radius 2 is 2.05 bits per heavy atom. The summed E-state index contributed by atoms with van der Waals surface area (Å²) in [5.41, 5.74) is 0.574. The molecule has 1 heterocycles. The van der Waals surface area contributed by atoms with Gasteiger partial charge in [-0.25, -0.2) is 0 Å². The summed E-state index contributed by atoms with van der Waals surface area (Å²) >= 11 is 1.42. The van der Waals surface area contributed by atoms with E-state index in [1.165, 1.54) is 18.4 Å². The van der Waals surface area contributed by atoms with E-state index in [0.717, 1.165) is 4.88 Å². The van der Waals surface area contributed by atoms with Crippen molar-refractivity contribution in [1.29, 1.82) is 0 Å². The molecule has 2 N–H and O–H groups in total. The van der Waals surface area contributed by atoms with Gasteiger partial charge in [-0.15, -0.1) is 11.3 Å². The van der Waals surface area contributed by atoms with Crippen LogP contribution < -0.4 is 14.8 Å². The molecule has 1 aromatic heterocycles. The predicted molar refractivity (Wildman–Crippen MR) is 85.9 cm³/mol. The maximum absolute atomic E-state index is 12.0. The van der Waals surface area contributed by atoms with Crippen LogP contribution in [0.3, 0.4) is 0 Å². The molecular formula is C16H19NO4S. The number of aliphatic hydroxyl groups excluding tert-OH is 1. The summed E-state index contributed by atoms with van der Waals surface area (Å²) in [4.78, 5) is 13.7. The zero-order chi connectivity index (χ0) is 16.1. The van der Waals surface area contributed by atoms with Gasteiger partial charge in [0.1, 0.15) is 17.6 Å². The van der Waals surface area contributed by atoms with Gasteiger partial charge in [-0.05, 0) is 37.3 Å². The van der Waals surface area contributed by atoms with Crippen molar-refractivity contribution in [1.82, 2.24) is 5.32 Å². The summed E-state index contributed by atoms with van der Waals surface area (Å²) < 4.78 is 10.4. The molecule has 118 valence electrons. The van der Waals surface area contributed by atoms with Crippen molar-refractivity contribution >= 4 is 17.2 Å². The molecule has 0 aliphatic rings. The first kappa shape index (κ1) is 16.3. The third kappa shape index (κ3) is 3.78. The van der Waals surface area contributed by atoms with Gasteiger partial charge < -0.3 is 19.9 Å². The van der Waals surface area contributed by atoms with Crippen LogP contribution in [0.5, 0.6) is 11.5 Å². The highest BCUT2D eigenvalue weighted by atomic mass is 32.1. The first-order chi connectivity index (χ1) is 10.5. The third-order valence-corrected chi connectivity index (χ3v) is 4.22. The van der Waals surface area contributed by atoms with Gasteiger partial charge >= 0.3 is 0 Å². The molecule has 1 amide bonds. The Morgan fingerprint density at radius 3 is 2.64 bits per heavy atom. The van der Waals surface area contributed by atoms with Crippen LogP contribution in [0.4, 0.5) is 0 Å². The standard InChI is InChI=1S/C16H19NO4S/c1-10-4-7-15(22-10)16(19)17-9-13(18)12-8-11(20-2)5-6-14(12)21-3/h4-8,13,18H,9H2,1-3H3,(H,17,19). The van der Waals surface area contributed by atoms with E-state index in [9.17, 15) is 9.90 Å². The molecule has 0 saturated carbocycles. The molecule has 0 bridgehead atoms. The molecule has 1 atom stereocenters. The second-order valence-corrected chi connectivity index (χ2v) is 6.03.